The van der Waals surface area contributed by atoms with Crippen molar-refractivity contribution in [3.8, 4) is 11.5 Å². The minimum Gasteiger partial charge on any atom is -0.493 e. The van der Waals surface area contributed by atoms with Crippen molar-refractivity contribution in [3.05, 3.63) is 64.6 Å². The maximum atomic E-state index is 9.15. The van der Waals surface area contributed by atoms with Crippen molar-refractivity contribution in [1.82, 2.24) is 0 Å². The molecule has 2 rings (SSSR count). The molecule has 1 unspecified atom stereocenters. The number of aliphatic hydroxyl groups is 1. The summed E-state index contributed by atoms with van der Waals surface area (Å²) in [6.07, 6.45) is 0. The van der Waals surface area contributed by atoms with Crippen LogP contribution in [0.3, 0.4) is 0 Å². The minimum absolute atomic E-state index is 0.00771. The Balaban J connectivity index is 2.59. The highest BCUT2D eigenvalue weighted by atomic mass is 16.5. The van der Waals surface area contributed by atoms with E-state index in [0.717, 1.165) is 33.8 Å². The van der Waals surface area contributed by atoms with Crippen molar-refractivity contribution in [2.45, 2.75) is 40.5 Å². The van der Waals surface area contributed by atoms with Crippen LogP contribution in [0, 0.1) is 34.6 Å². The SMILES string of the molecule is [CH]COc1c(C)cc(C)cc1C(C)c1cc(C)cc(C)c1OCCO. The number of benzene rings is 2. The molecular formula is C22H28O3. The van der Waals surface area contributed by atoms with Gasteiger partial charge in [0.25, 0.3) is 0 Å². The molecule has 0 spiro atoms. The van der Waals surface area contributed by atoms with E-state index in [2.05, 4.69) is 45.0 Å². The van der Waals surface area contributed by atoms with Crippen LogP contribution in [0.1, 0.15) is 46.2 Å². The van der Waals surface area contributed by atoms with Gasteiger partial charge in [-0.2, -0.15) is 0 Å². The van der Waals surface area contributed by atoms with Crippen LogP contribution in [0.2, 0.25) is 0 Å². The normalized spacial score (nSPS) is 12.1. The summed E-state index contributed by atoms with van der Waals surface area (Å²) in [5.41, 5.74) is 6.71. The van der Waals surface area contributed by atoms with E-state index in [-0.39, 0.29) is 25.7 Å². The van der Waals surface area contributed by atoms with Gasteiger partial charge in [-0.25, -0.2) is 0 Å². The fourth-order valence-electron chi connectivity index (χ4n) is 3.41. The second kappa shape index (κ2) is 8.39. The van der Waals surface area contributed by atoms with Gasteiger partial charge < -0.3 is 14.6 Å². The number of ether oxygens (including phenoxy) is 2. The molecule has 0 aliphatic carbocycles. The summed E-state index contributed by atoms with van der Waals surface area (Å²) < 4.78 is 11.6. The second-order valence-corrected chi connectivity index (χ2v) is 6.61. The lowest BCUT2D eigenvalue weighted by molar-refractivity contribution is 0.199. The molecule has 0 bridgehead atoms. The summed E-state index contributed by atoms with van der Waals surface area (Å²) >= 11 is 0. The van der Waals surface area contributed by atoms with Crippen LogP contribution in [0.5, 0.6) is 11.5 Å². The van der Waals surface area contributed by atoms with Crippen molar-refractivity contribution in [1.29, 1.82) is 0 Å². The molecule has 3 heteroatoms. The van der Waals surface area contributed by atoms with Crippen molar-refractivity contribution in [2.24, 2.45) is 0 Å². The summed E-state index contributed by atoms with van der Waals surface area (Å²) in [5, 5.41) is 9.15. The van der Waals surface area contributed by atoms with Gasteiger partial charge in [-0.1, -0.05) is 42.3 Å². The third-order valence-electron chi connectivity index (χ3n) is 4.39. The van der Waals surface area contributed by atoms with Gasteiger partial charge in [-0.15, -0.1) is 0 Å². The lowest BCUT2D eigenvalue weighted by Crippen LogP contribution is -2.10. The van der Waals surface area contributed by atoms with E-state index in [1.807, 2.05) is 13.8 Å². The van der Waals surface area contributed by atoms with Crippen LogP contribution in [-0.2, 0) is 0 Å². The molecule has 2 aromatic rings. The zero-order chi connectivity index (χ0) is 18.6. The molecule has 3 nitrogen and oxygen atoms in total. The molecule has 0 fully saturated rings. The number of hydrogen-bond donors (Lipinski definition) is 1. The molecule has 2 aromatic carbocycles. The number of hydrogen-bond acceptors (Lipinski definition) is 3. The molecule has 0 aliphatic heterocycles. The first-order valence-corrected chi connectivity index (χ1v) is 8.67. The van der Waals surface area contributed by atoms with Gasteiger partial charge in [0, 0.05) is 24.0 Å². The number of rotatable bonds is 7. The summed E-state index contributed by atoms with van der Waals surface area (Å²) in [4.78, 5) is 0. The first-order valence-electron chi connectivity index (χ1n) is 8.67. The minimum atomic E-state index is -0.00771. The summed E-state index contributed by atoms with van der Waals surface area (Å²) in [6, 6.07) is 8.50. The van der Waals surface area contributed by atoms with E-state index < -0.39 is 0 Å². The topological polar surface area (TPSA) is 38.7 Å². The van der Waals surface area contributed by atoms with Gasteiger partial charge in [-0.05, 0) is 38.8 Å². The van der Waals surface area contributed by atoms with Crippen LogP contribution >= 0.6 is 0 Å². The van der Waals surface area contributed by atoms with Crippen LogP contribution < -0.4 is 9.47 Å². The zero-order valence-corrected chi connectivity index (χ0v) is 15.8. The number of aryl methyl sites for hydroxylation is 4. The monoisotopic (exact) mass is 340 g/mol. The van der Waals surface area contributed by atoms with Crippen molar-refractivity contribution in [2.75, 3.05) is 19.8 Å². The highest BCUT2D eigenvalue weighted by Crippen LogP contribution is 2.40. The average molecular weight is 340 g/mol. The quantitative estimate of drug-likeness (QED) is 0.804. The lowest BCUT2D eigenvalue weighted by Gasteiger charge is -2.23. The predicted molar refractivity (Wildman–Crippen MR) is 102 cm³/mol. The Morgan fingerprint density at radius 2 is 1.36 bits per heavy atom. The first-order chi connectivity index (χ1) is 11.9. The predicted octanol–water partition coefficient (Wildman–Crippen LogP) is 4.53. The van der Waals surface area contributed by atoms with Gasteiger partial charge in [0.1, 0.15) is 18.1 Å². The molecular weight excluding hydrogens is 312 g/mol. The fourth-order valence-corrected chi connectivity index (χ4v) is 3.41. The van der Waals surface area contributed by atoms with Gasteiger partial charge >= 0.3 is 0 Å². The Morgan fingerprint density at radius 1 is 0.880 bits per heavy atom. The molecule has 134 valence electrons. The van der Waals surface area contributed by atoms with E-state index in [9.17, 15) is 0 Å². The van der Waals surface area contributed by atoms with Crippen LogP contribution in [-0.4, -0.2) is 24.9 Å². The van der Waals surface area contributed by atoms with Crippen molar-refractivity contribution >= 4 is 0 Å². The second-order valence-electron chi connectivity index (χ2n) is 6.61. The number of aliphatic hydroxyl groups excluding tert-OH is 1. The summed E-state index contributed by atoms with van der Waals surface area (Å²) in [5.74, 6) is 1.75. The van der Waals surface area contributed by atoms with Crippen molar-refractivity contribution in [3.63, 3.8) is 0 Å². The van der Waals surface area contributed by atoms with E-state index in [1.165, 1.54) is 11.1 Å². The largest absolute Gasteiger partial charge is 0.493 e. The van der Waals surface area contributed by atoms with Gasteiger partial charge in [-0.3, -0.25) is 0 Å². The Kier molecular flexibility index (Phi) is 6.49. The molecule has 0 amide bonds. The Morgan fingerprint density at radius 3 is 1.80 bits per heavy atom. The molecule has 2 radical (unpaired) electrons. The first kappa shape index (κ1) is 19.3. The maximum Gasteiger partial charge on any atom is 0.126 e. The highest BCUT2D eigenvalue weighted by Gasteiger charge is 2.21. The highest BCUT2D eigenvalue weighted by molar-refractivity contribution is 5.54. The lowest BCUT2D eigenvalue weighted by atomic mass is 9.87. The average Bonchev–Trinajstić information content (AvgIpc) is 2.55. The maximum absolute atomic E-state index is 9.15. The Bertz CT molecular complexity index is 735. The van der Waals surface area contributed by atoms with Gasteiger partial charge in [0.05, 0.1) is 13.2 Å². The summed E-state index contributed by atoms with van der Waals surface area (Å²) in [7, 11) is 0. The molecule has 25 heavy (non-hydrogen) atoms. The smallest absolute Gasteiger partial charge is 0.126 e. The van der Waals surface area contributed by atoms with E-state index >= 15 is 0 Å². The Labute approximate surface area is 151 Å². The van der Waals surface area contributed by atoms with Crippen LogP contribution in [0.25, 0.3) is 0 Å². The third-order valence-corrected chi connectivity index (χ3v) is 4.39. The van der Waals surface area contributed by atoms with Crippen molar-refractivity contribution < 1.29 is 14.6 Å². The van der Waals surface area contributed by atoms with Crippen LogP contribution in [0.4, 0.5) is 0 Å². The van der Waals surface area contributed by atoms with Crippen LogP contribution in [0.15, 0.2) is 24.3 Å². The fraction of sp³-hybridized carbons (Fsp3) is 0.409. The van der Waals surface area contributed by atoms with Gasteiger partial charge in [0.15, 0.2) is 0 Å². The molecule has 1 atom stereocenters. The standard InChI is InChI=1S/C22H28O3/c1-7-24-21-16(4)10-14(2)12-19(21)18(6)20-13-15(3)11-17(5)22(20)25-9-8-23/h1,10-13,18,23H,7-9H2,2-6H3. The van der Waals surface area contributed by atoms with E-state index in [1.54, 1.807) is 0 Å². The van der Waals surface area contributed by atoms with E-state index in [0.29, 0.717) is 0 Å². The molecule has 0 saturated heterocycles. The molecule has 0 saturated carbocycles. The molecule has 0 heterocycles. The third kappa shape index (κ3) is 4.35. The Hall–Kier alpha value is -2.00. The molecule has 1 N–H and O–H groups in total. The van der Waals surface area contributed by atoms with E-state index in [4.69, 9.17) is 21.5 Å². The molecule has 0 aliphatic rings. The summed E-state index contributed by atoms with van der Waals surface area (Å²) in [6.45, 7) is 16.5. The molecule has 0 aromatic heterocycles. The van der Waals surface area contributed by atoms with Gasteiger partial charge in [0.2, 0.25) is 0 Å². The zero-order valence-electron chi connectivity index (χ0n) is 15.8.